The van der Waals surface area contributed by atoms with E-state index in [1.807, 2.05) is 0 Å². The molecule has 0 aliphatic heterocycles. The maximum atomic E-state index is 10.7. The van der Waals surface area contributed by atoms with Gasteiger partial charge in [0.15, 0.2) is 0 Å². The number of aliphatic hydroxyl groups excluding tert-OH is 1. The van der Waals surface area contributed by atoms with Gasteiger partial charge in [0.2, 0.25) is 0 Å². The van der Waals surface area contributed by atoms with Crippen LogP contribution in [0.15, 0.2) is 0 Å². The van der Waals surface area contributed by atoms with Crippen LogP contribution in [0.2, 0.25) is 0 Å². The highest BCUT2D eigenvalue weighted by molar-refractivity contribution is 5.72. The quantitative estimate of drug-likeness (QED) is 0.457. The molecule has 0 spiro atoms. The van der Waals surface area contributed by atoms with Gasteiger partial charge in [0.25, 0.3) is 0 Å². The third-order valence-electron chi connectivity index (χ3n) is 2.48. The van der Waals surface area contributed by atoms with E-state index in [1.54, 1.807) is 14.1 Å². The molecule has 0 rings (SSSR count). The van der Waals surface area contributed by atoms with E-state index in [9.17, 15) is 19.5 Å². The first-order chi connectivity index (χ1) is 8.54. The topological polar surface area (TPSA) is 141 Å². The number of rotatable bonds is 6. The van der Waals surface area contributed by atoms with Crippen molar-refractivity contribution in [3.63, 3.8) is 0 Å². The van der Waals surface area contributed by atoms with Crippen molar-refractivity contribution in [2.45, 2.75) is 25.8 Å². The Morgan fingerprint density at radius 1 is 1.32 bits per heavy atom. The number of carboxylic acid groups (broad SMARTS) is 2. The molecule has 1 atom stereocenters. The standard InChI is InChI=1S/C6H14NO2.C5H9NO4/c1-6(9)7(2,3)4-5-8;6-3(5(9)10)1-2-4(7)8/h8H,4-5H2,1-3H3;3H,1-2,6H2,(H,7,8)(H,9,10)/q+1;/p-1/t;3-/m.1/s1. The van der Waals surface area contributed by atoms with E-state index < -0.39 is 18.0 Å². The van der Waals surface area contributed by atoms with Gasteiger partial charge in [-0.05, 0) is 6.42 Å². The molecule has 0 aromatic rings. The number of nitrogens with zero attached hydrogens (tertiary/aromatic N) is 1. The highest BCUT2D eigenvalue weighted by atomic mass is 16.4. The summed E-state index contributed by atoms with van der Waals surface area (Å²) in [6, 6.07) is -1.17. The number of aliphatic carboxylic acids is 2. The van der Waals surface area contributed by atoms with Crippen LogP contribution in [-0.4, -0.2) is 65.8 Å². The maximum Gasteiger partial charge on any atom is 0.310 e. The molecule has 0 bridgehead atoms. The van der Waals surface area contributed by atoms with Gasteiger partial charge in [-0.2, -0.15) is 0 Å². The van der Waals surface area contributed by atoms with Crippen molar-refractivity contribution in [2.75, 3.05) is 27.2 Å². The van der Waals surface area contributed by atoms with Gasteiger partial charge in [-0.25, -0.2) is 4.79 Å². The number of nitrogens with two attached hydrogens (primary N) is 1. The molecule has 8 nitrogen and oxygen atoms in total. The van der Waals surface area contributed by atoms with Crippen molar-refractivity contribution in [3.05, 3.63) is 0 Å². The van der Waals surface area contributed by atoms with Crippen LogP contribution in [0.4, 0.5) is 0 Å². The molecule has 0 aromatic carbocycles. The zero-order valence-electron chi connectivity index (χ0n) is 11.5. The van der Waals surface area contributed by atoms with Crippen molar-refractivity contribution in [3.8, 4) is 0 Å². The average molecular weight is 278 g/mol. The second kappa shape index (κ2) is 9.42. The third-order valence-corrected chi connectivity index (χ3v) is 2.48. The number of carbonyl (C=O) groups excluding carboxylic acids is 2. The van der Waals surface area contributed by atoms with Gasteiger partial charge in [-0.15, -0.1) is 0 Å². The molecule has 0 aliphatic rings. The first-order valence-electron chi connectivity index (χ1n) is 5.67. The van der Waals surface area contributed by atoms with E-state index in [1.165, 1.54) is 6.92 Å². The summed E-state index contributed by atoms with van der Waals surface area (Å²) in [5.74, 6) is -2.40. The van der Waals surface area contributed by atoms with Crippen LogP contribution < -0.4 is 10.8 Å². The normalized spacial score (nSPS) is 12.1. The predicted molar refractivity (Wildman–Crippen MR) is 64.6 cm³/mol. The monoisotopic (exact) mass is 278 g/mol. The number of likely N-dealkylation sites (N-methyl/N-ethyl adjacent to an activating group) is 1. The molecule has 0 aromatic heterocycles. The van der Waals surface area contributed by atoms with Gasteiger partial charge < -0.3 is 25.8 Å². The van der Waals surface area contributed by atoms with Crippen molar-refractivity contribution in [1.29, 1.82) is 0 Å². The van der Waals surface area contributed by atoms with Crippen LogP contribution in [0.1, 0.15) is 19.8 Å². The lowest BCUT2D eigenvalue weighted by atomic mass is 10.2. The smallest absolute Gasteiger partial charge is 0.310 e. The molecule has 112 valence electrons. The molecule has 0 heterocycles. The molecule has 0 fully saturated rings. The number of hydrogen-bond acceptors (Lipinski definition) is 6. The van der Waals surface area contributed by atoms with Gasteiger partial charge in [-0.3, -0.25) is 9.28 Å². The lowest BCUT2D eigenvalue weighted by Crippen LogP contribution is -2.45. The molecule has 0 aliphatic carbocycles. The van der Waals surface area contributed by atoms with Crippen molar-refractivity contribution in [2.24, 2.45) is 5.73 Å². The second-order valence-corrected chi connectivity index (χ2v) is 4.51. The van der Waals surface area contributed by atoms with E-state index in [2.05, 4.69) is 0 Å². The van der Waals surface area contributed by atoms with E-state index >= 15 is 0 Å². The van der Waals surface area contributed by atoms with Crippen molar-refractivity contribution in [1.82, 2.24) is 0 Å². The molecule has 0 radical (unpaired) electrons. The molecule has 19 heavy (non-hydrogen) atoms. The summed E-state index contributed by atoms with van der Waals surface area (Å²) in [7, 11) is 3.55. The Bertz CT molecular complexity index is 316. The van der Waals surface area contributed by atoms with Crippen LogP contribution in [0.5, 0.6) is 0 Å². The fraction of sp³-hybridized carbons (Fsp3) is 0.727. The van der Waals surface area contributed by atoms with Crippen LogP contribution in [0.25, 0.3) is 0 Å². The molecule has 0 saturated carbocycles. The number of hydrogen-bond donors (Lipinski definition) is 3. The minimum atomic E-state index is -1.42. The number of quaternary nitrogens is 1. The maximum absolute atomic E-state index is 10.7. The predicted octanol–water partition coefficient (Wildman–Crippen LogP) is -2.47. The average Bonchev–Trinajstić information content (AvgIpc) is 2.26. The minimum absolute atomic E-state index is 0.0621. The molecule has 8 heteroatoms. The number of carboxylic acids is 2. The summed E-state index contributed by atoms with van der Waals surface area (Å²) in [5.41, 5.74) is 4.94. The molecule has 0 unspecified atom stereocenters. The van der Waals surface area contributed by atoms with Gasteiger partial charge >= 0.3 is 11.9 Å². The van der Waals surface area contributed by atoms with Crippen molar-refractivity contribution >= 4 is 17.8 Å². The molecular weight excluding hydrogens is 256 g/mol. The van der Waals surface area contributed by atoms with Crippen LogP contribution >= 0.6 is 0 Å². The number of aliphatic hydroxyl groups is 1. The number of carbonyl (C=O) groups is 3. The van der Waals surface area contributed by atoms with Crippen LogP contribution in [0, 0.1) is 0 Å². The summed E-state index contributed by atoms with van der Waals surface area (Å²) in [6.45, 7) is 2.08. The fourth-order valence-electron chi connectivity index (χ4n) is 0.804. The van der Waals surface area contributed by atoms with Gasteiger partial charge in [0, 0.05) is 12.5 Å². The van der Waals surface area contributed by atoms with Gasteiger partial charge in [0.05, 0.1) is 33.6 Å². The van der Waals surface area contributed by atoms with E-state index in [-0.39, 0.29) is 29.8 Å². The second-order valence-electron chi connectivity index (χ2n) is 4.51. The third kappa shape index (κ3) is 11.3. The Morgan fingerprint density at radius 2 is 1.79 bits per heavy atom. The highest BCUT2D eigenvalue weighted by Gasteiger charge is 2.19. The van der Waals surface area contributed by atoms with Crippen LogP contribution in [-0.2, 0) is 14.4 Å². The van der Waals surface area contributed by atoms with Crippen molar-refractivity contribution < 1.29 is 34.2 Å². The zero-order chi connectivity index (χ0) is 15.6. The Hall–Kier alpha value is -1.51. The summed E-state index contributed by atoms with van der Waals surface area (Å²) >= 11 is 0. The summed E-state index contributed by atoms with van der Waals surface area (Å²) in [6.07, 6.45) is -0.327. The Kier molecular flexibility index (Phi) is 9.83. The molecule has 0 saturated heterocycles. The van der Waals surface area contributed by atoms with E-state index in [0.29, 0.717) is 6.54 Å². The number of amides is 1. The van der Waals surface area contributed by atoms with Gasteiger partial charge in [-0.1, -0.05) is 0 Å². The molecular formula is C11H22N2O6. The molecule has 1 amide bonds. The Morgan fingerprint density at radius 3 is 2.00 bits per heavy atom. The highest BCUT2D eigenvalue weighted by Crippen LogP contribution is 1.95. The SMILES string of the molecule is CC(=O)[N+](C)(C)CCO.N[C@H](CCC(=O)O)C(=O)[O-]. The van der Waals surface area contributed by atoms with Crippen LogP contribution in [0.3, 0.4) is 0 Å². The zero-order valence-corrected chi connectivity index (χ0v) is 11.5. The first kappa shape index (κ1) is 19.8. The van der Waals surface area contributed by atoms with Gasteiger partial charge in [0.1, 0.15) is 6.54 Å². The minimum Gasteiger partial charge on any atom is -0.548 e. The lowest BCUT2D eigenvalue weighted by molar-refractivity contribution is -0.813. The summed E-state index contributed by atoms with van der Waals surface area (Å²) in [4.78, 5) is 30.5. The molecule has 4 N–H and O–H groups in total. The summed E-state index contributed by atoms with van der Waals surface area (Å²) in [5, 5.41) is 26.4. The largest absolute Gasteiger partial charge is 0.548 e. The summed E-state index contributed by atoms with van der Waals surface area (Å²) < 4.78 is 0.260. The first-order valence-corrected chi connectivity index (χ1v) is 5.67. The van der Waals surface area contributed by atoms with E-state index in [4.69, 9.17) is 15.9 Å². The Labute approximate surface area is 112 Å². The lowest BCUT2D eigenvalue weighted by Gasteiger charge is -2.23. The fourth-order valence-corrected chi connectivity index (χ4v) is 0.804. The Balaban J connectivity index is 0. The van der Waals surface area contributed by atoms with E-state index in [0.717, 1.165) is 0 Å².